The first-order chi connectivity index (χ1) is 6.92. The molecule has 1 aromatic heterocycles. The summed E-state index contributed by atoms with van der Waals surface area (Å²) < 4.78 is 5.16. The zero-order valence-electron chi connectivity index (χ0n) is 8.07. The van der Waals surface area contributed by atoms with Crippen molar-refractivity contribution in [1.29, 1.82) is 0 Å². The Morgan fingerprint density at radius 1 is 1.14 bits per heavy atom. The predicted octanol–water partition coefficient (Wildman–Crippen LogP) is 3.56. The number of rotatable bonds is 3. The Bertz CT molecular complexity index is 392. The molecule has 0 radical (unpaired) electrons. The van der Waals surface area contributed by atoms with Crippen molar-refractivity contribution >= 4 is 11.3 Å². The quantitative estimate of drug-likeness (QED) is 0.742. The predicted molar refractivity (Wildman–Crippen MR) is 60.5 cm³/mol. The molecule has 2 heteroatoms. The summed E-state index contributed by atoms with van der Waals surface area (Å²) in [7, 11) is 1.73. The van der Waals surface area contributed by atoms with E-state index in [-0.39, 0.29) is 0 Å². The van der Waals surface area contributed by atoms with Crippen LogP contribution in [0, 0.1) is 0 Å². The van der Waals surface area contributed by atoms with Crippen molar-refractivity contribution < 1.29 is 4.74 Å². The molecule has 0 fully saturated rings. The van der Waals surface area contributed by atoms with Gasteiger partial charge in [0.05, 0.1) is 6.61 Å². The molecule has 0 N–H and O–H groups in total. The Morgan fingerprint density at radius 2 is 1.93 bits per heavy atom. The lowest BCUT2D eigenvalue weighted by Gasteiger charge is -2.02. The van der Waals surface area contributed by atoms with Crippen LogP contribution in [0.3, 0.4) is 0 Å². The molecule has 0 bridgehead atoms. The highest BCUT2D eigenvalue weighted by Crippen LogP contribution is 2.27. The van der Waals surface area contributed by atoms with Crippen molar-refractivity contribution in [2.45, 2.75) is 6.61 Å². The average molecular weight is 204 g/mol. The highest BCUT2D eigenvalue weighted by Gasteiger charge is 2.04. The van der Waals surface area contributed by atoms with E-state index in [9.17, 15) is 0 Å². The van der Waals surface area contributed by atoms with Gasteiger partial charge in [0, 0.05) is 7.11 Å². The number of methoxy groups -OCH3 is 1. The lowest BCUT2D eigenvalue weighted by molar-refractivity contribution is 0.185. The molecular formula is C12H12OS. The minimum absolute atomic E-state index is 0.688. The van der Waals surface area contributed by atoms with E-state index in [1.165, 1.54) is 16.7 Å². The van der Waals surface area contributed by atoms with Gasteiger partial charge in [-0.1, -0.05) is 30.3 Å². The van der Waals surface area contributed by atoms with Crippen molar-refractivity contribution in [2.24, 2.45) is 0 Å². The Balaban J connectivity index is 2.37. The lowest BCUT2D eigenvalue weighted by atomic mass is 10.1. The van der Waals surface area contributed by atoms with Crippen molar-refractivity contribution in [2.75, 3.05) is 7.11 Å². The molecular weight excluding hydrogens is 192 g/mol. The van der Waals surface area contributed by atoms with Gasteiger partial charge in [0.2, 0.25) is 0 Å². The molecule has 2 rings (SSSR count). The Labute approximate surface area is 88.0 Å². The van der Waals surface area contributed by atoms with E-state index in [1.54, 1.807) is 18.4 Å². The molecule has 0 unspecified atom stereocenters. The third-order valence-electron chi connectivity index (χ3n) is 2.13. The van der Waals surface area contributed by atoms with Gasteiger partial charge in [0.15, 0.2) is 0 Å². The minimum Gasteiger partial charge on any atom is -0.380 e. The van der Waals surface area contributed by atoms with E-state index in [2.05, 4.69) is 35.0 Å². The maximum Gasteiger partial charge on any atom is 0.0727 e. The first-order valence-electron chi connectivity index (χ1n) is 4.51. The summed E-state index contributed by atoms with van der Waals surface area (Å²) in [6.45, 7) is 0.688. The molecule has 0 aliphatic heterocycles. The second kappa shape index (κ2) is 4.40. The summed E-state index contributed by atoms with van der Waals surface area (Å²) in [5.74, 6) is 0. The fourth-order valence-corrected chi connectivity index (χ4v) is 2.31. The highest BCUT2D eigenvalue weighted by atomic mass is 32.1. The number of ether oxygens (including phenoxy) is 1. The Morgan fingerprint density at radius 3 is 2.64 bits per heavy atom. The van der Waals surface area contributed by atoms with Gasteiger partial charge in [-0.3, -0.25) is 0 Å². The summed E-state index contributed by atoms with van der Waals surface area (Å²) >= 11 is 1.72. The van der Waals surface area contributed by atoms with E-state index in [4.69, 9.17) is 4.74 Å². The lowest BCUT2D eigenvalue weighted by Crippen LogP contribution is -1.87. The third-order valence-corrected chi connectivity index (χ3v) is 2.92. The molecule has 0 aliphatic carbocycles. The Kier molecular flexibility index (Phi) is 2.96. The monoisotopic (exact) mass is 204 g/mol. The molecule has 0 saturated heterocycles. The van der Waals surface area contributed by atoms with E-state index in [0.717, 1.165) is 0 Å². The van der Waals surface area contributed by atoms with Crippen LogP contribution in [0.15, 0.2) is 41.1 Å². The van der Waals surface area contributed by atoms with Gasteiger partial charge in [-0.15, -0.1) is 0 Å². The molecule has 0 atom stereocenters. The molecule has 72 valence electrons. The molecule has 0 saturated carbocycles. The largest absolute Gasteiger partial charge is 0.380 e. The SMILES string of the molecule is COCc1cscc1-c1ccccc1. The molecule has 1 aromatic carbocycles. The molecule has 0 amide bonds. The van der Waals surface area contributed by atoms with Crippen molar-refractivity contribution in [3.63, 3.8) is 0 Å². The summed E-state index contributed by atoms with van der Waals surface area (Å²) in [4.78, 5) is 0. The van der Waals surface area contributed by atoms with E-state index in [0.29, 0.717) is 6.61 Å². The molecule has 1 nitrogen and oxygen atoms in total. The fraction of sp³-hybridized carbons (Fsp3) is 0.167. The Hall–Kier alpha value is -1.12. The van der Waals surface area contributed by atoms with Crippen LogP contribution >= 0.6 is 11.3 Å². The van der Waals surface area contributed by atoms with E-state index in [1.807, 2.05) is 6.07 Å². The first kappa shape index (κ1) is 9.44. The summed E-state index contributed by atoms with van der Waals surface area (Å²) in [6.07, 6.45) is 0. The number of hydrogen-bond acceptors (Lipinski definition) is 2. The van der Waals surface area contributed by atoms with Crippen molar-refractivity contribution in [3.05, 3.63) is 46.7 Å². The third kappa shape index (κ3) is 1.86. The van der Waals surface area contributed by atoms with Crippen molar-refractivity contribution in [1.82, 2.24) is 0 Å². The van der Waals surface area contributed by atoms with Crippen LogP contribution in [0.2, 0.25) is 0 Å². The number of benzene rings is 1. The van der Waals surface area contributed by atoms with Crippen LogP contribution in [-0.4, -0.2) is 7.11 Å². The van der Waals surface area contributed by atoms with Gasteiger partial charge >= 0.3 is 0 Å². The maximum absolute atomic E-state index is 5.16. The zero-order chi connectivity index (χ0) is 9.80. The number of hydrogen-bond donors (Lipinski definition) is 0. The average Bonchev–Trinajstić information content (AvgIpc) is 2.68. The van der Waals surface area contributed by atoms with Crippen LogP contribution in [0.5, 0.6) is 0 Å². The van der Waals surface area contributed by atoms with Gasteiger partial charge in [-0.25, -0.2) is 0 Å². The summed E-state index contributed by atoms with van der Waals surface area (Å²) in [5, 5.41) is 4.31. The zero-order valence-corrected chi connectivity index (χ0v) is 8.88. The maximum atomic E-state index is 5.16. The van der Waals surface area contributed by atoms with Crippen LogP contribution < -0.4 is 0 Å². The van der Waals surface area contributed by atoms with Crippen LogP contribution in [0.1, 0.15) is 5.56 Å². The van der Waals surface area contributed by atoms with Gasteiger partial charge in [-0.2, -0.15) is 11.3 Å². The standard InChI is InChI=1S/C12H12OS/c1-13-7-11-8-14-9-12(11)10-5-3-2-4-6-10/h2-6,8-9H,7H2,1H3. The molecule has 14 heavy (non-hydrogen) atoms. The number of thiophene rings is 1. The summed E-state index contributed by atoms with van der Waals surface area (Å²) in [6, 6.07) is 10.4. The summed E-state index contributed by atoms with van der Waals surface area (Å²) in [5.41, 5.74) is 3.82. The minimum atomic E-state index is 0.688. The van der Waals surface area contributed by atoms with E-state index < -0.39 is 0 Å². The van der Waals surface area contributed by atoms with Crippen molar-refractivity contribution in [3.8, 4) is 11.1 Å². The fourth-order valence-electron chi connectivity index (χ4n) is 1.46. The smallest absolute Gasteiger partial charge is 0.0727 e. The van der Waals surface area contributed by atoms with Crippen LogP contribution in [-0.2, 0) is 11.3 Å². The van der Waals surface area contributed by atoms with Crippen LogP contribution in [0.25, 0.3) is 11.1 Å². The molecule has 0 spiro atoms. The normalized spacial score (nSPS) is 10.4. The second-order valence-corrected chi connectivity index (χ2v) is 3.85. The van der Waals surface area contributed by atoms with Gasteiger partial charge in [0.25, 0.3) is 0 Å². The van der Waals surface area contributed by atoms with E-state index >= 15 is 0 Å². The topological polar surface area (TPSA) is 9.23 Å². The first-order valence-corrected chi connectivity index (χ1v) is 5.45. The molecule has 2 aromatic rings. The van der Waals surface area contributed by atoms with Crippen LogP contribution in [0.4, 0.5) is 0 Å². The molecule has 1 heterocycles. The van der Waals surface area contributed by atoms with Gasteiger partial charge in [-0.05, 0) is 27.5 Å². The second-order valence-electron chi connectivity index (χ2n) is 3.11. The molecule has 0 aliphatic rings. The highest BCUT2D eigenvalue weighted by molar-refractivity contribution is 7.08. The van der Waals surface area contributed by atoms with Gasteiger partial charge < -0.3 is 4.74 Å². The van der Waals surface area contributed by atoms with Gasteiger partial charge in [0.1, 0.15) is 0 Å².